The van der Waals surface area contributed by atoms with Crippen molar-refractivity contribution in [1.82, 2.24) is 10.6 Å². The molecule has 150 valence electrons. The summed E-state index contributed by atoms with van der Waals surface area (Å²) < 4.78 is 5.48. The van der Waals surface area contributed by atoms with Crippen molar-refractivity contribution in [3.8, 4) is 0 Å². The minimum atomic E-state index is -0.249. The van der Waals surface area contributed by atoms with Crippen LogP contribution in [0.15, 0.2) is 24.3 Å². The molecular formula is C19H29ClN4O3. The van der Waals surface area contributed by atoms with Crippen molar-refractivity contribution in [3.63, 3.8) is 0 Å². The highest BCUT2D eigenvalue weighted by Crippen LogP contribution is 2.20. The maximum Gasteiger partial charge on any atom is 0.319 e. The molecule has 7 nitrogen and oxygen atoms in total. The van der Waals surface area contributed by atoms with Gasteiger partial charge in [0.2, 0.25) is 5.91 Å². The van der Waals surface area contributed by atoms with E-state index in [1.807, 2.05) is 0 Å². The highest BCUT2D eigenvalue weighted by Gasteiger charge is 2.24. The van der Waals surface area contributed by atoms with Crippen molar-refractivity contribution >= 4 is 35.7 Å². The van der Waals surface area contributed by atoms with Gasteiger partial charge in [0, 0.05) is 36.5 Å². The summed E-state index contributed by atoms with van der Waals surface area (Å²) >= 11 is 0. The van der Waals surface area contributed by atoms with E-state index in [9.17, 15) is 9.59 Å². The number of rotatable bonds is 5. The Bertz CT molecular complexity index is 620. The molecule has 2 heterocycles. The van der Waals surface area contributed by atoms with Gasteiger partial charge in [-0.1, -0.05) is 0 Å². The average Bonchev–Trinajstić information content (AvgIpc) is 3.15. The van der Waals surface area contributed by atoms with E-state index < -0.39 is 0 Å². The zero-order chi connectivity index (χ0) is 18.4. The van der Waals surface area contributed by atoms with Crippen LogP contribution >= 0.6 is 12.4 Å². The Labute approximate surface area is 166 Å². The summed E-state index contributed by atoms with van der Waals surface area (Å²) in [5.41, 5.74) is 1.43. The Kier molecular flexibility index (Phi) is 8.34. The number of carbonyl (C=O) groups is 2. The van der Waals surface area contributed by atoms with Crippen LogP contribution < -0.4 is 21.3 Å². The molecule has 2 saturated heterocycles. The molecule has 3 rings (SSSR count). The van der Waals surface area contributed by atoms with Crippen LogP contribution in [-0.4, -0.2) is 43.8 Å². The van der Waals surface area contributed by atoms with Crippen LogP contribution in [0.3, 0.4) is 0 Å². The quantitative estimate of drug-likeness (QED) is 0.615. The van der Waals surface area contributed by atoms with Crippen LogP contribution in [0.25, 0.3) is 0 Å². The molecule has 0 bridgehead atoms. The first-order valence-corrected chi connectivity index (χ1v) is 9.41. The number of carbonyl (C=O) groups excluding carboxylic acids is 2. The van der Waals surface area contributed by atoms with Gasteiger partial charge in [-0.25, -0.2) is 4.79 Å². The van der Waals surface area contributed by atoms with Crippen LogP contribution in [0.5, 0.6) is 0 Å². The fourth-order valence-electron chi connectivity index (χ4n) is 3.44. The third-order valence-electron chi connectivity index (χ3n) is 4.92. The molecule has 3 atom stereocenters. The molecule has 8 heteroatoms. The largest absolute Gasteiger partial charge is 0.376 e. The van der Waals surface area contributed by atoms with Crippen LogP contribution in [0, 0.1) is 5.92 Å². The number of hydrogen-bond acceptors (Lipinski definition) is 4. The Hall–Kier alpha value is -1.83. The molecule has 27 heavy (non-hydrogen) atoms. The third-order valence-corrected chi connectivity index (χ3v) is 4.92. The number of amides is 3. The summed E-state index contributed by atoms with van der Waals surface area (Å²) in [7, 11) is 0. The van der Waals surface area contributed by atoms with Gasteiger partial charge >= 0.3 is 6.03 Å². The number of benzene rings is 1. The second-order valence-corrected chi connectivity index (χ2v) is 7.11. The van der Waals surface area contributed by atoms with Gasteiger partial charge in [-0.2, -0.15) is 0 Å². The fraction of sp³-hybridized carbons (Fsp3) is 0.579. The lowest BCUT2D eigenvalue weighted by Crippen LogP contribution is -2.40. The second kappa shape index (κ2) is 10.5. The lowest BCUT2D eigenvalue weighted by molar-refractivity contribution is -0.120. The molecular weight excluding hydrogens is 368 g/mol. The van der Waals surface area contributed by atoms with Gasteiger partial charge in [-0.05, 0) is 63.4 Å². The number of halogens is 1. The highest BCUT2D eigenvalue weighted by molar-refractivity contribution is 5.93. The SMILES string of the molecule is C[C@H]1C[C@@H](C(=O)Nc2ccc(NC(=O)NCC3CCCO3)cc2)CCN1.Cl. The number of nitrogens with one attached hydrogen (secondary N) is 4. The van der Waals surface area contributed by atoms with Gasteiger partial charge in [0.15, 0.2) is 0 Å². The summed E-state index contributed by atoms with van der Waals surface area (Å²) in [6, 6.07) is 7.30. The van der Waals surface area contributed by atoms with Gasteiger partial charge in [0.25, 0.3) is 0 Å². The predicted molar refractivity (Wildman–Crippen MR) is 109 cm³/mol. The van der Waals surface area contributed by atoms with E-state index in [1.165, 1.54) is 0 Å². The van der Waals surface area contributed by atoms with Crippen molar-refractivity contribution in [3.05, 3.63) is 24.3 Å². The lowest BCUT2D eigenvalue weighted by atomic mass is 9.92. The first kappa shape index (κ1) is 21.5. The maximum absolute atomic E-state index is 12.4. The molecule has 2 fully saturated rings. The van der Waals surface area contributed by atoms with Crippen molar-refractivity contribution in [2.75, 3.05) is 30.3 Å². The van der Waals surface area contributed by atoms with E-state index in [0.29, 0.717) is 18.3 Å². The van der Waals surface area contributed by atoms with Crippen LogP contribution in [0.1, 0.15) is 32.6 Å². The van der Waals surface area contributed by atoms with Crippen LogP contribution in [0.2, 0.25) is 0 Å². The molecule has 3 amide bonds. The first-order chi connectivity index (χ1) is 12.6. The summed E-state index contributed by atoms with van der Waals surface area (Å²) in [5.74, 6) is 0.112. The van der Waals surface area contributed by atoms with Crippen LogP contribution in [-0.2, 0) is 9.53 Å². The Morgan fingerprint density at radius 3 is 2.48 bits per heavy atom. The summed E-state index contributed by atoms with van der Waals surface area (Å²) in [6.07, 6.45) is 3.88. The molecule has 1 unspecified atom stereocenters. The van der Waals surface area contributed by atoms with Crippen molar-refractivity contribution in [2.45, 2.75) is 44.8 Å². The summed E-state index contributed by atoms with van der Waals surface area (Å²) in [6.45, 7) is 4.28. The summed E-state index contributed by atoms with van der Waals surface area (Å²) in [5, 5.41) is 11.9. The minimum absolute atomic E-state index is 0. The zero-order valence-corrected chi connectivity index (χ0v) is 16.4. The van der Waals surface area contributed by atoms with E-state index in [2.05, 4.69) is 28.2 Å². The smallest absolute Gasteiger partial charge is 0.319 e. The van der Waals surface area contributed by atoms with E-state index in [1.54, 1.807) is 24.3 Å². The molecule has 0 saturated carbocycles. The van der Waals surface area contributed by atoms with Crippen molar-refractivity contribution in [2.24, 2.45) is 5.92 Å². The second-order valence-electron chi connectivity index (χ2n) is 7.11. The molecule has 2 aliphatic heterocycles. The van der Waals surface area contributed by atoms with E-state index in [0.717, 1.165) is 44.5 Å². The average molecular weight is 397 g/mol. The van der Waals surface area contributed by atoms with Crippen molar-refractivity contribution in [1.29, 1.82) is 0 Å². The zero-order valence-electron chi connectivity index (χ0n) is 15.6. The molecule has 2 aliphatic rings. The van der Waals surface area contributed by atoms with E-state index in [-0.39, 0.29) is 36.4 Å². The number of anilines is 2. The molecule has 0 spiro atoms. The molecule has 1 aromatic rings. The highest BCUT2D eigenvalue weighted by atomic mass is 35.5. The monoisotopic (exact) mass is 396 g/mol. The number of urea groups is 1. The van der Waals surface area contributed by atoms with Gasteiger partial charge in [0.1, 0.15) is 0 Å². The minimum Gasteiger partial charge on any atom is -0.376 e. The van der Waals surface area contributed by atoms with Gasteiger partial charge in [-0.3, -0.25) is 4.79 Å². The Balaban J connectivity index is 0.00000261. The standard InChI is InChI=1S/C19H28N4O3.ClH/c1-13-11-14(8-9-20-13)18(24)22-15-4-6-16(7-5-15)23-19(25)21-12-17-3-2-10-26-17;/h4-7,13-14,17,20H,2-3,8-12H2,1H3,(H,22,24)(H2,21,23,25);1H/t13-,14-,17?;/m0./s1. The number of piperidine rings is 1. The van der Waals surface area contributed by atoms with Gasteiger partial charge in [-0.15, -0.1) is 12.4 Å². The molecule has 4 N–H and O–H groups in total. The van der Waals surface area contributed by atoms with E-state index >= 15 is 0 Å². The van der Waals surface area contributed by atoms with Crippen LogP contribution in [0.4, 0.5) is 16.2 Å². The van der Waals surface area contributed by atoms with Crippen molar-refractivity contribution < 1.29 is 14.3 Å². The van der Waals surface area contributed by atoms with Gasteiger partial charge in [0.05, 0.1) is 6.10 Å². The molecule has 0 radical (unpaired) electrons. The number of hydrogen-bond donors (Lipinski definition) is 4. The summed E-state index contributed by atoms with van der Waals surface area (Å²) in [4.78, 5) is 24.3. The molecule has 0 aromatic heterocycles. The lowest BCUT2D eigenvalue weighted by Gasteiger charge is -2.27. The Morgan fingerprint density at radius 1 is 1.15 bits per heavy atom. The first-order valence-electron chi connectivity index (χ1n) is 9.41. The van der Waals surface area contributed by atoms with E-state index in [4.69, 9.17) is 4.74 Å². The normalized spacial score (nSPS) is 24.6. The molecule has 0 aliphatic carbocycles. The predicted octanol–water partition coefficient (Wildman–Crippen LogP) is 2.74. The number of ether oxygens (including phenoxy) is 1. The topological polar surface area (TPSA) is 91.5 Å². The third kappa shape index (κ3) is 6.68. The molecule has 1 aromatic carbocycles. The van der Waals surface area contributed by atoms with Gasteiger partial charge < -0.3 is 26.0 Å². The Morgan fingerprint density at radius 2 is 1.85 bits per heavy atom. The maximum atomic E-state index is 12.4. The fourth-order valence-corrected chi connectivity index (χ4v) is 3.44.